The van der Waals surface area contributed by atoms with Crippen molar-refractivity contribution in [1.29, 1.82) is 0 Å². The second-order valence-corrected chi connectivity index (χ2v) is 4.36. The number of halogens is 1. The number of aromatic nitrogens is 2. The summed E-state index contributed by atoms with van der Waals surface area (Å²) in [5.74, 6) is 0.487. The molecule has 4 nitrogen and oxygen atoms in total. The molecule has 5 heteroatoms. The monoisotopic (exact) mass is 281 g/mol. The van der Waals surface area contributed by atoms with Crippen LogP contribution < -0.4 is 5.73 Å². The number of aromatic amines is 1. The molecular formula is C11H12BrN3O. The molecular weight excluding hydrogens is 270 g/mol. The van der Waals surface area contributed by atoms with Crippen molar-refractivity contribution in [3.63, 3.8) is 0 Å². The van der Waals surface area contributed by atoms with Gasteiger partial charge in [0.2, 0.25) is 0 Å². The molecule has 0 atom stereocenters. The maximum atomic E-state index is 5.59. The number of methoxy groups -OCH3 is 1. The maximum Gasteiger partial charge on any atom is 0.145 e. The van der Waals surface area contributed by atoms with Gasteiger partial charge in [-0.3, -0.25) is 5.10 Å². The molecule has 0 saturated carbocycles. The van der Waals surface area contributed by atoms with E-state index >= 15 is 0 Å². The standard InChI is InChI=1S/C11H12BrN3O/c1-16-6-7-4-8(12)2-3-9(7)10-5-11(13)15-14-10/h2-5H,6H2,1H3,(H3,13,14,15). The number of nitrogens with one attached hydrogen (secondary N) is 1. The third-order valence-electron chi connectivity index (χ3n) is 2.25. The van der Waals surface area contributed by atoms with Crippen LogP contribution in [0.5, 0.6) is 0 Å². The fourth-order valence-corrected chi connectivity index (χ4v) is 1.98. The van der Waals surface area contributed by atoms with Crippen LogP contribution in [0.2, 0.25) is 0 Å². The summed E-state index contributed by atoms with van der Waals surface area (Å²) in [6.45, 7) is 0.549. The van der Waals surface area contributed by atoms with Gasteiger partial charge in [-0.1, -0.05) is 22.0 Å². The highest BCUT2D eigenvalue weighted by Gasteiger charge is 2.08. The zero-order valence-corrected chi connectivity index (χ0v) is 10.4. The molecule has 0 unspecified atom stereocenters. The van der Waals surface area contributed by atoms with Crippen LogP contribution in [-0.2, 0) is 11.3 Å². The van der Waals surface area contributed by atoms with Crippen LogP contribution in [-0.4, -0.2) is 17.3 Å². The number of anilines is 1. The number of nitrogen functional groups attached to an aromatic ring is 1. The van der Waals surface area contributed by atoms with Crippen LogP contribution in [0.3, 0.4) is 0 Å². The van der Waals surface area contributed by atoms with E-state index in [4.69, 9.17) is 10.5 Å². The highest BCUT2D eigenvalue weighted by atomic mass is 79.9. The molecule has 3 N–H and O–H groups in total. The molecule has 1 aromatic heterocycles. The van der Waals surface area contributed by atoms with E-state index in [9.17, 15) is 0 Å². The molecule has 0 spiro atoms. The van der Waals surface area contributed by atoms with Gasteiger partial charge in [0.1, 0.15) is 5.82 Å². The van der Waals surface area contributed by atoms with Crippen molar-refractivity contribution in [2.75, 3.05) is 12.8 Å². The summed E-state index contributed by atoms with van der Waals surface area (Å²) in [5.41, 5.74) is 8.62. The summed E-state index contributed by atoms with van der Waals surface area (Å²) in [6.07, 6.45) is 0. The normalized spacial score (nSPS) is 10.6. The average molecular weight is 282 g/mol. The molecule has 0 aliphatic heterocycles. The fourth-order valence-electron chi connectivity index (χ4n) is 1.58. The molecule has 0 bridgehead atoms. The van der Waals surface area contributed by atoms with E-state index in [0.29, 0.717) is 12.4 Å². The number of hydrogen-bond donors (Lipinski definition) is 2. The predicted molar refractivity (Wildman–Crippen MR) is 66.8 cm³/mol. The quantitative estimate of drug-likeness (QED) is 0.909. The molecule has 16 heavy (non-hydrogen) atoms. The van der Waals surface area contributed by atoms with E-state index in [-0.39, 0.29) is 0 Å². The van der Waals surface area contributed by atoms with Crippen LogP contribution in [0, 0.1) is 0 Å². The smallest absolute Gasteiger partial charge is 0.145 e. The average Bonchev–Trinajstić information content (AvgIpc) is 2.65. The minimum Gasteiger partial charge on any atom is -0.382 e. The van der Waals surface area contributed by atoms with Gasteiger partial charge < -0.3 is 10.5 Å². The summed E-state index contributed by atoms with van der Waals surface area (Å²) >= 11 is 3.44. The van der Waals surface area contributed by atoms with E-state index in [1.165, 1.54) is 0 Å². The van der Waals surface area contributed by atoms with Gasteiger partial charge in [-0.05, 0) is 17.7 Å². The third-order valence-corrected chi connectivity index (χ3v) is 2.75. The lowest BCUT2D eigenvalue weighted by atomic mass is 10.1. The number of benzene rings is 1. The summed E-state index contributed by atoms with van der Waals surface area (Å²) in [5, 5.41) is 6.81. The topological polar surface area (TPSA) is 63.9 Å². The minimum atomic E-state index is 0.487. The van der Waals surface area contributed by atoms with Gasteiger partial charge in [-0.2, -0.15) is 5.10 Å². The van der Waals surface area contributed by atoms with Gasteiger partial charge in [0.25, 0.3) is 0 Å². The van der Waals surface area contributed by atoms with E-state index in [1.807, 2.05) is 24.3 Å². The fraction of sp³-hybridized carbons (Fsp3) is 0.182. The second kappa shape index (κ2) is 4.67. The molecule has 2 aromatic rings. The van der Waals surface area contributed by atoms with Gasteiger partial charge in [-0.25, -0.2) is 0 Å². The lowest BCUT2D eigenvalue weighted by molar-refractivity contribution is 0.185. The number of rotatable bonds is 3. The van der Waals surface area contributed by atoms with E-state index in [2.05, 4.69) is 26.1 Å². The lowest BCUT2D eigenvalue weighted by Gasteiger charge is -2.07. The Morgan fingerprint density at radius 1 is 1.44 bits per heavy atom. The maximum absolute atomic E-state index is 5.59. The van der Waals surface area contributed by atoms with Crippen molar-refractivity contribution in [2.45, 2.75) is 6.61 Å². The van der Waals surface area contributed by atoms with Gasteiger partial charge in [0, 0.05) is 23.2 Å². The Kier molecular flexibility index (Phi) is 3.26. The first kappa shape index (κ1) is 11.2. The number of hydrogen-bond acceptors (Lipinski definition) is 3. The molecule has 2 rings (SSSR count). The van der Waals surface area contributed by atoms with E-state index in [0.717, 1.165) is 21.3 Å². The Morgan fingerprint density at radius 2 is 2.25 bits per heavy atom. The van der Waals surface area contributed by atoms with Gasteiger partial charge in [0.05, 0.1) is 12.3 Å². The summed E-state index contributed by atoms with van der Waals surface area (Å²) in [6, 6.07) is 7.81. The highest BCUT2D eigenvalue weighted by Crippen LogP contribution is 2.26. The van der Waals surface area contributed by atoms with E-state index < -0.39 is 0 Å². The molecule has 0 aliphatic rings. The zero-order valence-electron chi connectivity index (χ0n) is 8.83. The van der Waals surface area contributed by atoms with Gasteiger partial charge >= 0.3 is 0 Å². The highest BCUT2D eigenvalue weighted by molar-refractivity contribution is 9.10. The molecule has 0 saturated heterocycles. The molecule has 1 aromatic carbocycles. The molecule has 0 fully saturated rings. The first-order valence-electron chi connectivity index (χ1n) is 4.79. The second-order valence-electron chi connectivity index (χ2n) is 3.44. The number of H-pyrrole nitrogens is 1. The number of nitrogens with two attached hydrogens (primary N) is 1. The Balaban J connectivity index is 2.47. The first-order valence-corrected chi connectivity index (χ1v) is 5.58. The Labute approximate surface area is 102 Å². The van der Waals surface area contributed by atoms with Crippen molar-refractivity contribution in [3.8, 4) is 11.3 Å². The lowest BCUT2D eigenvalue weighted by Crippen LogP contribution is -1.92. The van der Waals surface area contributed by atoms with Crippen molar-refractivity contribution in [2.24, 2.45) is 0 Å². The molecule has 0 amide bonds. The van der Waals surface area contributed by atoms with Crippen LogP contribution in [0.15, 0.2) is 28.7 Å². The van der Waals surface area contributed by atoms with Crippen LogP contribution >= 0.6 is 15.9 Å². The predicted octanol–water partition coefficient (Wildman–Crippen LogP) is 2.57. The van der Waals surface area contributed by atoms with Crippen molar-refractivity contribution >= 4 is 21.7 Å². The summed E-state index contributed by atoms with van der Waals surface area (Å²) in [4.78, 5) is 0. The Hall–Kier alpha value is -1.33. The zero-order chi connectivity index (χ0) is 11.5. The number of nitrogens with zero attached hydrogens (tertiary/aromatic N) is 1. The van der Waals surface area contributed by atoms with Crippen molar-refractivity contribution in [1.82, 2.24) is 10.2 Å². The van der Waals surface area contributed by atoms with Crippen LogP contribution in [0.4, 0.5) is 5.82 Å². The minimum absolute atomic E-state index is 0.487. The summed E-state index contributed by atoms with van der Waals surface area (Å²) in [7, 11) is 1.67. The van der Waals surface area contributed by atoms with Crippen molar-refractivity contribution in [3.05, 3.63) is 34.3 Å². The Morgan fingerprint density at radius 3 is 2.88 bits per heavy atom. The van der Waals surface area contributed by atoms with Crippen LogP contribution in [0.1, 0.15) is 5.56 Å². The molecule has 0 aliphatic carbocycles. The molecule has 84 valence electrons. The molecule has 0 radical (unpaired) electrons. The SMILES string of the molecule is COCc1cc(Br)ccc1-c1cc(N)n[nH]1. The van der Waals surface area contributed by atoms with Crippen molar-refractivity contribution < 1.29 is 4.74 Å². The summed E-state index contributed by atoms with van der Waals surface area (Å²) < 4.78 is 6.19. The van der Waals surface area contributed by atoms with Gasteiger partial charge in [-0.15, -0.1) is 0 Å². The Bertz CT molecular complexity index is 496. The van der Waals surface area contributed by atoms with Gasteiger partial charge in [0.15, 0.2) is 0 Å². The third kappa shape index (κ3) is 2.25. The first-order chi connectivity index (χ1) is 7.70. The largest absolute Gasteiger partial charge is 0.382 e. The number of ether oxygens (including phenoxy) is 1. The van der Waals surface area contributed by atoms with E-state index in [1.54, 1.807) is 7.11 Å². The molecule has 1 heterocycles. The van der Waals surface area contributed by atoms with Crippen LogP contribution in [0.25, 0.3) is 11.3 Å².